The van der Waals surface area contributed by atoms with Crippen LogP contribution in [0.2, 0.25) is 0 Å². The van der Waals surface area contributed by atoms with Gasteiger partial charge in [-0.1, -0.05) is 12.1 Å². The summed E-state index contributed by atoms with van der Waals surface area (Å²) in [6.45, 7) is 6.56. The van der Waals surface area contributed by atoms with E-state index in [9.17, 15) is 14.0 Å². The molecule has 3 aromatic carbocycles. The van der Waals surface area contributed by atoms with E-state index in [-0.39, 0.29) is 23.2 Å². The number of hydrogen-bond donors (Lipinski definition) is 3. The fraction of sp³-hybridized carbons (Fsp3) is 0.241. The molecule has 2 heterocycles. The van der Waals surface area contributed by atoms with Crippen LogP contribution in [0.1, 0.15) is 47.1 Å². The smallest absolute Gasteiger partial charge is 0.255 e. The highest BCUT2D eigenvalue weighted by Crippen LogP contribution is 2.44. The highest BCUT2D eigenvalue weighted by Gasteiger charge is 2.28. The molecule has 0 atom stereocenters. The van der Waals surface area contributed by atoms with Crippen LogP contribution >= 0.6 is 0 Å². The second-order valence-corrected chi connectivity index (χ2v) is 10.0. The van der Waals surface area contributed by atoms with E-state index in [1.54, 1.807) is 25.2 Å². The van der Waals surface area contributed by atoms with Gasteiger partial charge in [0.25, 0.3) is 11.8 Å². The van der Waals surface area contributed by atoms with E-state index in [0.29, 0.717) is 33.4 Å². The molecule has 0 unspecified atom stereocenters. The van der Waals surface area contributed by atoms with E-state index in [1.807, 2.05) is 45.0 Å². The number of fused-ring (bicyclic) bond motifs is 3. The molecule has 0 saturated heterocycles. The summed E-state index contributed by atoms with van der Waals surface area (Å²) in [5.74, 6) is -0.403. The molecular formula is C29H28FN3O3. The first kappa shape index (κ1) is 23.6. The van der Waals surface area contributed by atoms with E-state index in [0.717, 1.165) is 35.3 Å². The fourth-order valence-electron chi connectivity index (χ4n) is 4.67. The Morgan fingerprint density at radius 3 is 2.44 bits per heavy atom. The molecule has 1 aliphatic heterocycles. The van der Waals surface area contributed by atoms with Crippen LogP contribution in [-0.2, 0) is 6.42 Å². The van der Waals surface area contributed by atoms with Gasteiger partial charge in [-0.3, -0.25) is 9.59 Å². The molecule has 1 aromatic heterocycles. The summed E-state index contributed by atoms with van der Waals surface area (Å²) in [7, 11) is 1.57. The third-order valence-corrected chi connectivity index (χ3v) is 6.24. The van der Waals surface area contributed by atoms with Crippen molar-refractivity contribution in [3.63, 3.8) is 0 Å². The molecule has 1 aliphatic rings. The van der Waals surface area contributed by atoms with Crippen LogP contribution in [-0.4, -0.2) is 30.9 Å². The van der Waals surface area contributed by atoms with Gasteiger partial charge >= 0.3 is 0 Å². The number of carbonyl (C=O) groups is 2. The third kappa shape index (κ3) is 4.21. The van der Waals surface area contributed by atoms with Crippen LogP contribution in [0.15, 0.2) is 59.0 Å². The van der Waals surface area contributed by atoms with Gasteiger partial charge < -0.3 is 20.4 Å². The number of furan rings is 1. The zero-order valence-electron chi connectivity index (χ0n) is 20.7. The second-order valence-electron chi connectivity index (χ2n) is 10.0. The second kappa shape index (κ2) is 8.82. The maximum Gasteiger partial charge on any atom is 0.255 e. The Bertz CT molecular complexity index is 1500. The number of halogens is 1. The first-order valence-electron chi connectivity index (χ1n) is 11.9. The van der Waals surface area contributed by atoms with Gasteiger partial charge in [0.1, 0.15) is 17.2 Å². The summed E-state index contributed by atoms with van der Waals surface area (Å²) in [5.41, 5.74) is 5.51. The molecule has 0 radical (unpaired) electrons. The normalized spacial score (nSPS) is 12.8. The van der Waals surface area contributed by atoms with Gasteiger partial charge in [-0.05, 0) is 75.2 Å². The predicted molar refractivity (Wildman–Crippen MR) is 140 cm³/mol. The number of rotatable bonds is 4. The van der Waals surface area contributed by atoms with E-state index in [1.165, 1.54) is 12.1 Å². The van der Waals surface area contributed by atoms with Crippen LogP contribution in [0.25, 0.3) is 33.4 Å². The molecule has 0 fully saturated rings. The van der Waals surface area contributed by atoms with Gasteiger partial charge in [0, 0.05) is 52.5 Å². The first-order valence-corrected chi connectivity index (χ1v) is 11.9. The third-order valence-electron chi connectivity index (χ3n) is 6.24. The summed E-state index contributed by atoms with van der Waals surface area (Å²) in [5, 5.41) is 9.85. The first-order chi connectivity index (χ1) is 17.2. The van der Waals surface area contributed by atoms with Crippen LogP contribution in [0.5, 0.6) is 0 Å². The van der Waals surface area contributed by atoms with E-state index in [2.05, 4.69) is 16.0 Å². The molecule has 0 aliphatic carbocycles. The van der Waals surface area contributed by atoms with Crippen molar-refractivity contribution >= 4 is 28.5 Å². The molecule has 0 spiro atoms. The Balaban J connectivity index is 1.72. The molecule has 184 valence electrons. The summed E-state index contributed by atoms with van der Waals surface area (Å²) in [6, 6.07) is 15.3. The summed E-state index contributed by atoms with van der Waals surface area (Å²) < 4.78 is 19.9. The molecule has 0 bridgehead atoms. The van der Waals surface area contributed by atoms with Crippen molar-refractivity contribution in [1.29, 1.82) is 0 Å². The molecule has 4 aromatic rings. The van der Waals surface area contributed by atoms with Crippen molar-refractivity contribution in [2.45, 2.75) is 32.7 Å². The Morgan fingerprint density at radius 2 is 1.75 bits per heavy atom. The summed E-state index contributed by atoms with van der Waals surface area (Å²) >= 11 is 0. The molecule has 5 rings (SSSR count). The molecule has 6 nitrogen and oxygen atoms in total. The van der Waals surface area contributed by atoms with Crippen LogP contribution in [0.3, 0.4) is 0 Å². The van der Waals surface area contributed by atoms with Gasteiger partial charge in [-0.25, -0.2) is 4.39 Å². The minimum absolute atomic E-state index is 0.150. The Labute approximate surface area is 208 Å². The van der Waals surface area contributed by atoms with Crippen molar-refractivity contribution in [1.82, 2.24) is 10.6 Å². The average molecular weight is 486 g/mol. The van der Waals surface area contributed by atoms with E-state index in [4.69, 9.17) is 4.42 Å². The zero-order valence-corrected chi connectivity index (χ0v) is 20.7. The topological polar surface area (TPSA) is 83.4 Å². The lowest BCUT2D eigenvalue weighted by Gasteiger charge is -2.20. The minimum atomic E-state index is -0.362. The van der Waals surface area contributed by atoms with E-state index < -0.39 is 0 Å². The predicted octanol–water partition coefficient (Wildman–Crippen LogP) is 5.76. The molecular weight excluding hydrogens is 457 g/mol. The number of benzene rings is 3. The van der Waals surface area contributed by atoms with Crippen LogP contribution in [0.4, 0.5) is 10.1 Å². The SMILES string of the molecule is CNC(=O)c1c(-c2ccc(F)cc2)oc2c3c(c(-c4cccc(C(=O)NC(C)(C)C)c4)cc12)NCC3. The van der Waals surface area contributed by atoms with Crippen molar-refractivity contribution in [2.24, 2.45) is 0 Å². The highest BCUT2D eigenvalue weighted by atomic mass is 19.1. The molecule has 36 heavy (non-hydrogen) atoms. The quantitative estimate of drug-likeness (QED) is 0.343. The average Bonchev–Trinajstić information content (AvgIpc) is 3.47. The molecule has 0 saturated carbocycles. The monoisotopic (exact) mass is 485 g/mol. The summed E-state index contributed by atoms with van der Waals surface area (Å²) in [6.07, 6.45) is 0.730. The van der Waals surface area contributed by atoms with Crippen molar-refractivity contribution < 1.29 is 18.4 Å². The van der Waals surface area contributed by atoms with Gasteiger partial charge in [-0.15, -0.1) is 0 Å². The lowest BCUT2D eigenvalue weighted by Crippen LogP contribution is -2.40. The maximum absolute atomic E-state index is 13.6. The Hall–Kier alpha value is -4.13. The Morgan fingerprint density at radius 1 is 1.00 bits per heavy atom. The lowest BCUT2D eigenvalue weighted by atomic mass is 9.94. The van der Waals surface area contributed by atoms with Gasteiger partial charge in [0.15, 0.2) is 0 Å². The number of amides is 2. The maximum atomic E-state index is 13.6. The number of carbonyl (C=O) groups excluding carboxylic acids is 2. The van der Waals surface area contributed by atoms with Crippen molar-refractivity contribution in [2.75, 3.05) is 18.9 Å². The number of nitrogens with one attached hydrogen (secondary N) is 3. The Kier molecular flexibility index (Phi) is 5.79. The number of anilines is 1. The van der Waals surface area contributed by atoms with Crippen molar-refractivity contribution in [3.05, 3.63) is 77.1 Å². The standard InChI is InChI=1S/C29H28FN3O3/c1-29(2,3)33-27(34)18-7-5-6-17(14-18)21-15-22-23(28(35)31-4)25(16-8-10-19(30)11-9-16)36-26(22)20-12-13-32-24(20)21/h5-11,14-15,32H,12-13H2,1-4H3,(H,31,35)(H,33,34). The zero-order chi connectivity index (χ0) is 25.6. The molecule has 7 heteroatoms. The largest absolute Gasteiger partial charge is 0.455 e. The number of hydrogen-bond acceptors (Lipinski definition) is 4. The highest BCUT2D eigenvalue weighted by molar-refractivity contribution is 6.14. The van der Waals surface area contributed by atoms with Crippen molar-refractivity contribution in [3.8, 4) is 22.5 Å². The lowest BCUT2D eigenvalue weighted by molar-refractivity contribution is 0.0918. The molecule has 2 amide bonds. The van der Waals surface area contributed by atoms with Gasteiger partial charge in [0.05, 0.1) is 5.56 Å². The minimum Gasteiger partial charge on any atom is -0.455 e. The van der Waals surface area contributed by atoms with Crippen LogP contribution < -0.4 is 16.0 Å². The summed E-state index contributed by atoms with van der Waals surface area (Å²) in [4.78, 5) is 25.9. The van der Waals surface area contributed by atoms with Gasteiger partial charge in [0.2, 0.25) is 0 Å². The van der Waals surface area contributed by atoms with Gasteiger partial charge in [-0.2, -0.15) is 0 Å². The van der Waals surface area contributed by atoms with E-state index >= 15 is 0 Å². The molecule has 3 N–H and O–H groups in total. The van der Waals surface area contributed by atoms with Crippen LogP contribution in [0, 0.1) is 5.82 Å². The fourth-order valence-corrected chi connectivity index (χ4v) is 4.67.